The van der Waals surface area contributed by atoms with Gasteiger partial charge in [0.05, 0.1) is 18.4 Å². The first-order valence-electron chi connectivity index (χ1n) is 8.50. The second kappa shape index (κ2) is 7.11. The number of carbonyl (C=O) groups excluding carboxylic acids is 1. The first kappa shape index (κ1) is 17.2. The summed E-state index contributed by atoms with van der Waals surface area (Å²) < 4.78 is 25.5. The standard InChI is InChI=1S/C17H25N3O3S/c1-24(22,23)18-16-8-3-2-6-14(16)12-17(21)20-11-10-19-9-5-4-7-15(19)13-20/h2-3,6,8,15,18H,4-5,7,9-13H2,1H3. The molecule has 0 saturated carbocycles. The van der Waals surface area contributed by atoms with Crippen LogP contribution in [0.4, 0.5) is 5.69 Å². The van der Waals surface area contributed by atoms with Gasteiger partial charge in [0.1, 0.15) is 0 Å². The zero-order valence-electron chi connectivity index (χ0n) is 14.1. The van der Waals surface area contributed by atoms with Crippen molar-refractivity contribution in [2.75, 3.05) is 37.2 Å². The number of carbonyl (C=O) groups is 1. The Balaban J connectivity index is 1.67. The topological polar surface area (TPSA) is 69.7 Å². The van der Waals surface area contributed by atoms with E-state index < -0.39 is 10.0 Å². The van der Waals surface area contributed by atoms with Gasteiger partial charge < -0.3 is 4.90 Å². The molecule has 2 saturated heterocycles. The highest BCUT2D eigenvalue weighted by atomic mass is 32.2. The average molecular weight is 351 g/mol. The second-order valence-electron chi connectivity index (χ2n) is 6.73. The molecule has 1 aromatic rings. The number of hydrogen-bond donors (Lipinski definition) is 1. The SMILES string of the molecule is CS(=O)(=O)Nc1ccccc1CC(=O)N1CCN2CCCCC2C1. The van der Waals surface area contributed by atoms with Gasteiger partial charge in [0.15, 0.2) is 0 Å². The lowest BCUT2D eigenvalue weighted by Crippen LogP contribution is -2.56. The van der Waals surface area contributed by atoms with Crippen molar-refractivity contribution in [3.63, 3.8) is 0 Å². The van der Waals surface area contributed by atoms with E-state index in [0.29, 0.717) is 11.7 Å². The highest BCUT2D eigenvalue weighted by Gasteiger charge is 2.31. The van der Waals surface area contributed by atoms with Gasteiger partial charge in [-0.05, 0) is 31.0 Å². The van der Waals surface area contributed by atoms with Gasteiger partial charge in [-0.2, -0.15) is 0 Å². The van der Waals surface area contributed by atoms with Crippen LogP contribution in [0.2, 0.25) is 0 Å². The Morgan fingerprint density at radius 2 is 2.00 bits per heavy atom. The van der Waals surface area contributed by atoms with Crippen molar-refractivity contribution in [1.29, 1.82) is 0 Å². The van der Waals surface area contributed by atoms with E-state index in [2.05, 4.69) is 9.62 Å². The molecule has 1 unspecified atom stereocenters. The third kappa shape index (κ3) is 4.27. The van der Waals surface area contributed by atoms with E-state index in [0.717, 1.165) is 44.4 Å². The Kier molecular flexibility index (Phi) is 5.10. The molecule has 1 aromatic carbocycles. The molecule has 7 heteroatoms. The summed E-state index contributed by atoms with van der Waals surface area (Å²) in [6.45, 7) is 3.64. The lowest BCUT2D eigenvalue weighted by atomic mass is 9.99. The van der Waals surface area contributed by atoms with Crippen molar-refractivity contribution in [3.05, 3.63) is 29.8 Å². The molecular weight excluding hydrogens is 326 g/mol. The molecule has 6 nitrogen and oxygen atoms in total. The summed E-state index contributed by atoms with van der Waals surface area (Å²) in [6, 6.07) is 7.59. The van der Waals surface area contributed by atoms with Gasteiger partial charge in [-0.15, -0.1) is 0 Å². The fourth-order valence-corrected chi connectivity index (χ4v) is 4.23. The van der Waals surface area contributed by atoms with Crippen LogP contribution in [-0.4, -0.2) is 62.6 Å². The van der Waals surface area contributed by atoms with E-state index in [1.54, 1.807) is 12.1 Å². The molecular formula is C17H25N3O3S. The minimum Gasteiger partial charge on any atom is -0.340 e. The second-order valence-corrected chi connectivity index (χ2v) is 8.48. The molecule has 0 spiro atoms. The molecule has 24 heavy (non-hydrogen) atoms. The molecule has 0 bridgehead atoms. The van der Waals surface area contributed by atoms with Crippen LogP contribution in [0.25, 0.3) is 0 Å². The smallest absolute Gasteiger partial charge is 0.229 e. The van der Waals surface area contributed by atoms with Gasteiger partial charge >= 0.3 is 0 Å². The van der Waals surface area contributed by atoms with Gasteiger partial charge in [-0.25, -0.2) is 8.42 Å². The molecule has 0 radical (unpaired) electrons. The van der Waals surface area contributed by atoms with Crippen molar-refractivity contribution >= 4 is 21.6 Å². The van der Waals surface area contributed by atoms with Crippen LogP contribution < -0.4 is 4.72 Å². The zero-order valence-corrected chi connectivity index (χ0v) is 14.9. The summed E-state index contributed by atoms with van der Waals surface area (Å²) in [5.41, 5.74) is 1.21. The number of para-hydroxylation sites is 1. The van der Waals surface area contributed by atoms with Gasteiger partial charge in [0, 0.05) is 25.7 Å². The molecule has 0 aromatic heterocycles. The Bertz CT molecular complexity index is 705. The summed E-state index contributed by atoms with van der Waals surface area (Å²) in [4.78, 5) is 17.1. The summed E-state index contributed by atoms with van der Waals surface area (Å²) in [5, 5.41) is 0. The fourth-order valence-electron chi connectivity index (χ4n) is 3.63. The summed E-state index contributed by atoms with van der Waals surface area (Å²) in [5.74, 6) is 0.0722. The molecule has 0 aliphatic carbocycles. The lowest BCUT2D eigenvalue weighted by Gasteiger charge is -2.44. The van der Waals surface area contributed by atoms with Crippen molar-refractivity contribution in [2.45, 2.75) is 31.7 Å². The minimum atomic E-state index is -3.36. The number of fused-ring (bicyclic) bond motifs is 1. The normalized spacial score (nSPS) is 22.0. The van der Waals surface area contributed by atoms with Gasteiger partial charge in [0.2, 0.25) is 15.9 Å². The number of hydrogen-bond acceptors (Lipinski definition) is 4. The number of benzene rings is 1. The molecule has 1 amide bonds. The fraction of sp³-hybridized carbons (Fsp3) is 0.588. The number of nitrogens with zero attached hydrogens (tertiary/aromatic N) is 2. The van der Waals surface area contributed by atoms with E-state index in [-0.39, 0.29) is 12.3 Å². The van der Waals surface area contributed by atoms with Crippen LogP contribution in [0, 0.1) is 0 Å². The Morgan fingerprint density at radius 3 is 2.79 bits per heavy atom. The Hall–Kier alpha value is -1.60. The summed E-state index contributed by atoms with van der Waals surface area (Å²) >= 11 is 0. The van der Waals surface area contributed by atoms with E-state index in [1.165, 1.54) is 12.8 Å². The Labute approximate surface area is 143 Å². The van der Waals surface area contributed by atoms with Crippen LogP contribution in [0.5, 0.6) is 0 Å². The highest BCUT2D eigenvalue weighted by molar-refractivity contribution is 7.92. The molecule has 1 atom stereocenters. The van der Waals surface area contributed by atoms with E-state index in [9.17, 15) is 13.2 Å². The number of anilines is 1. The third-order valence-electron chi connectivity index (χ3n) is 4.84. The molecule has 2 fully saturated rings. The number of sulfonamides is 1. The molecule has 2 aliphatic heterocycles. The van der Waals surface area contributed by atoms with Gasteiger partial charge in [-0.1, -0.05) is 24.6 Å². The predicted molar refractivity (Wildman–Crippen MR) is 94.4 cm³/mol. The van der Waals surface area contributed by atoms with Crippen molar-refractivity contribution in [3.8, 4) is 0 Å². The summed E-state index contributed by atoms with van der Waals surface area (Å²) in [7, 11) is -3.36. The van der Waals surface area contributed by atoms with Crippen molar-refractivity contribution in [1.82, 2.24) is 9.80 Å². The zero-order chi connectivity index (χ0) is 17.2. The number of amides is 1. The van der Waals surface area contributed by atoms with Crippen LogP contribution >= 0.6 is 0 Å². The van der Waals surface area contributed by atoms with Crippen LogP contribution in [0.1, 0.15) is 24.8 Å². The predicted octanol–water partition coefficient (Wildman–Crippen LogP) is 1.30. The monoisotopic (exact) mass is 351 g/mol. The first-order chi connectivity index (χ1) is 11.4. The van der Waals surface area contributed by atoms with E-state index >= 15 is 0 Å². The maximum Gasteiger partial charge on any atom is 0.229 e. The van der Waals surface area contributed by atoms with Crippen molar-refractivity contribution in [2.24, 2.45) is 0 Å². The number of piperidine rings is 1. The number of rotatable bonds is 4. The maximum atomic E-state index is 12.7. The van der Waals surface area contributed by atoms with E-state index in [1.807, 2.05) is 17.0 Å². The molecule has 2 heterocycles. The third-order valence-corrected chi connectivity index (χ3v) is 5.44. The van der Waals surface area contributed by atoms with Gasteiger partial charge in [-0.3, -0.25) is 14.4 Å². The summed E-state index contributed by atoms with van der Waals surface area (Å²) in [6.07, 6.45) is 5.01. The lowest BCUT2D eigenvalue weighted by molar-refractivity contribution is -0.134. The molecule has 3 rings (SSSR count). The molecule has 1 N–H and O–H groups in total. The Morgan fingerprint density at radius 1 is 1.21 bits per heavy atom. The van der Waals surface area contributed by atoms with Crippen LogP contribution in [0.15, 0.2) is 24.3 Å². The van der Waals surface area contributed by atoms with Crippen molar-refractivity contribution < 1.29 is 13.2 Å². The number of piperazine rings is 1. The van der Waals surface area contributed by atoms with E-state index in [4.69, 9.17) is 0 Å². The largest absolute Gasteiger partial charge is 0.340 e. The molecule has 2 aliphatic rings. The first-order valence-corrected chi connectivity index (χ1v) is 10.4. The highest BCUT2D eigenvalue weighted by Crippen LogP contribution is 2.23. The van der Waals surface area contributed by atoms with Gasteiger partial charge in [0.25, 0.3) is 0 Å². The maximum absolute atomic E-state index is 12.7. The van der Waals surface area contributed by atoms with Crippen LogP contribution in [0.3, 0.4) is 0 Å². The number of nitrogens with one attached hydrogen (secondary N) is 1. The quantitative estimate of drug-likeness (QED) is 0.888. The average Bonchev–Trinajstić information content (AvgIpc) is 2.55. The van der Waals surface area contributed by atoms with Crippen LogP contribution in [-0.2, 0) is 21.2 Å². The minimum absolute atomic E-state index is 0.0722. The molecule has 132 valence electrons.